The predicted octanol–water partition coefficient (Wildman–Crippen LogP) is 10.9. The minimum Gasteiger partial charge on any atom is -0.0683 e. The molecule has 192 valence electrons. The molecule has 0 aliphatic heterocycles. The van der Waals surface area contributed by atoms with E-state index in [1.54, 1.807) is 0 Å². The smallest absolute Gasteiger partial charge is 0.0165 e. The highest BCUT2D eigenvalue weighted by molar-refractivity contribution is 6.33. The Morgan fingerprint density at radius 2 is 1.05 bits per heavy atom. The van der Waals surface area contributed by atoms with E-state index < -0.39 is 0 Å². The molecular formula is C39H36. The highest BCUT2D eigenvalue weighted by Gasteiger charge is 2.47. The van der Waals surface area contributed by atoms with Crippen molar-refractivity contribution in [3.63, 3.8) is 0 Å². The van der Waals surface area contributed by atoms with Gasteiger partial charge in [-0.25, -0.2) is 0 Å². The average Bonchev–Trinajstić information content (AvgIpc) is 3.18. The highest BCUT2D eigenvalue weighted by atomic mass is 14.5. The monoisotopic (exact) mass is 504 g/mol. The molecule has 0 saturated heterocycles. The molecule has 6 aromatic rings. The molecule has 0 radical (unpaired) electrons. The van der Waals surface area contributed by atoms with Crippen LogP contribution >= 0.6 is 0 Å². The van der Waals surface area contributed by atoms with Crippen LogP contribution in [0.1, 0.15) is 88.8 Å². The van der Waals surface area contributed by atoms with Crippen LogP contribution in [0.3, 0.4) is 0 Å². The van der Waals surface area contributed by atoms with Crippen molar-refractivity contribution in [2.24, 2.45) is 0 Å². The van der Waals surface area contributed by atoms with Gasteiger partial charge in [0, 0.05) is 16.2 Å². The molecule has 0 unspecified atom stereocenters. The summed E-state index contributed by atoms with van der Waals surface area (Å²) in [4.78, 5) is 0. The first kappa shape index (κ1) is 23.3. The third-order valence-electron chi connectivity index (χ3n) is 10.6. The molecule has 3 aliphatic carbocycles. The van der Waals surface area contributed by atoms with Gasteiger partial charge in [-0.3, -0.25) is 0 Å². The standard InChI is InChI=1S/C37H30.C2H6/c1-35(2)23-11-8-7-10-20(23)22-18-19-14-16-27-32-28(19)30-21(15-17-26(35)29(22)30)34-33(32)31-24(36(27,3)4)12-9-13-25(31)37(34,5)6;1-2/h7-18H,1-6H3;1-2H3. The molecule has 3 aliphatic rings. The van der Waals surface area contributed by atoms with Crippen molar-refractivity contribution in [1.29, 1.82) is 0 Å². The first-order valence-corrected chi connectivity index (χ1v) is 14.7. The molecule has 0 atom stereocenters. The topological polar surface area (TPSA) is 0 Å². The Kier molecular flexibility index (Phi) is 4.13. The normalized spacial score (nSPS) is 17.8. The molecule has 6 aromatic carbocycles. The maximum absolute atomic E-state index is 2.50. The number of fused-ring (bicyclic) bond motifs is 3. The van der Waals surface area contributed by atoms with Crippen LogP contribution in [0.15, 0.2) is 72.8 Å². The van der Waals surface area contributed by atoms with Crippen LogP contribution in [0.5, 0.6) is 0 Å². The van der Waals surface area contributed by atoms with Crippen molar-refractivity contribution in [2.45, 2.75) is 71.6 Å². The fourth-order valence-corrected chi connectivity index (χ4v) is 8.81. The van der Waals surface area contributed by atoms with E-state index in [1.807, 2.05) is 13.8 Å². The number of rotatable bonds is 0. The van der Waals surface area contributed by atoms with E-state index in [0.29, 0.717) is 0 Å². The van der Waals surface area contributed by atoms with E-state index in [0.717, 1.165) is 0 Å². The summed E-state index contributed by atoms with van der Waals surface area (Å²) in [5.41, 5.74) is 14.6. The maximum atomic E-state index is 2.50. The molecule has 0 bridgehead atoms. The Morgan fingerprint density at radius 1 is 0.436 bits per heavy atom. The fourth-order valence-electron chi connectivity index (χ4n) is 8.81. The zero-order valence-electron chi connectivity index (χ0n) is 24.4. The Bertz CT molecular complexity index is 2040. The van der Waals surface area contributed by atoms with Crippen LogP contribution in [0.2, 0.25) is 0 Å². The van der Waals surface area contributed by atoms with Crippen LogP contribution in [-0.4, -0.2) is 0 Å². The van der Waals surface area contributed by atoms with E-state index in [2.05, 4.69) is 114 Å². The van der Waals surface area contributed by atoms with Crippen LogP contribution < -0.4 is 0 Å². The molecule has 0 nitrogen and oxygen atoms in total. The van der Waals surface area contributed by atoms with E-state index in [9.17, 15) is 0 Å². The van der Waals surface area contributed by atoms with Gasteiger partial charge in [0.05, 0.1) is 0 Å². The maximum Gasteiger partial charge on any atom is 0.0165 e. The lowest BCUT2D eigenvalue weighted by molar-refractivity contribution is 0.640. The Hall–Kier alpha value is -3.64. The van der Waals surface area contributed by atoms with Gasteiger partial charge in [-0.1, -0.05) is 122 Å². The zero-order chi connectivity index (χ0) is 27.2. The molecule has 0 spiro atoms. The van der Waals surface area contributed by atoms with Gasteiger partial charge in [0.25, 0.3) is 0 Å². The lowest BCUT2D eigenvalue weighted by atomic mass is 9.64. The van der Waals surface area contributed by atoms with Crippen molar-refractivity contribution in [1.82, 2.24) is 0 Å². The molecule has 39 heavy (non-hydrogen) atoms. The van der Waals surface area contributed by atoms with Gasteiger partial charge in [0.2, 0.25) is 0 Å². The minimum atomic E-state index is -0.0418. The van der Waals surface area contributed by atoms with E-state index in [4.69, 9.17) is 0 Å². The van der Waals surface area contributed by atoms with Crippen LogP contribution in [-0.2, 0) is 16.2 Å². The summed E-state index contributed by atoms with van der Waals surface area (Å²) in [5.74, 6) is 0. The summed E-state index contributed by atoms with van der Waals surface area (Å²) >= 11 is 0. The zero-order valence-corrected chi connectivity index (χ0v) is 24.4. The van der Waals surface area contributed by atoms with Crippen molar-refractivity contribution >= 4 is 32.3 Å². The molecule has 9 rings (SSSR count). The molecule has 0 saturated carbocycles. The van der Waals surface area contributed by atoms with E-state index >= 15 is 0 Å². The number of hydrogen-bond donors (Lipinski definition) is 0. The van der Waals surface area contributed by atoms with Crippen molar-refractivity contribution in [3.8, 4) is 22.3 Å². The number of hydrogen-bond acceptors (Lipinski definition) is 0. The fraction of sp³-hybridized carbons (Fsp3) is 0.282. The summed E-state index contributed by atoms with van der Waals surface area (Å²) in [5, 5.41) is 8.78. The molecule has 0 fully saturated rings. The first-order valence-electron chi connectivity index (χ1n) is 14.7. The molecule has 0 aromatic heterocycles. The quantitative estimate of drug-likeness (QED) is 0.180. The highest BCUT2D eigenvalue weighted by Crippen LogP contribution is 2.63. The summed E-state index contributed by atoms with van der Waals surface area (Å²) in [7, 11) is 0. The third-order valence-corrected chi connectivity index (χ3v) is 10.6. The van der Waals surface area contributed by atoms with Gasteiger partial charge >= 0.3 is 0 Å². The second-order valence-electron chi connectivity index (χ2n) is 13.3. The van der Waals surface area contributed by atoms with Gasteiger partial charge in [-0.15, -0.1) is 0 Å². The minimum absolute atomic E-state index is 0.0348. The van der Waals surface area contributed by atoms with Crippen LogP contribution in [0.25, 0.3) is 54.6 Å². The average molecular weight is 505 g/mol. The van der Waals surface area contributed by atoms with Gasteiger partial charge in [-0.2, -0.15) is 0 Å². The van der Waals surface area contributed by atoms with Crippen LogP contribution in [0, 0.1) is 0 Å². The lowest BCUT2D eigenvalue weighted by Gasteiger charge is -2.38. The molecule has 0 heterocycles. The summed E-state index contributed by atoms with van der Waals surface area (Å²) in [6.45, 7) is 18.6. The Balaban J connectivity index is 0.00000115. The first-order chi connectivity index (χ1) is 18.6. The molecule has 0 heteroatoms. The summed E-state index contributed by atoms with van der Waals surface area (Å²) < 4.78 is 0. The second-order valence-corrected chi connectivity index (χ2v) is 13.3. The van der Waals surface area contributed by atoms with Gasteiger partial charge in [-0.05, 0) is 94.0 Å². The van der Waals surface area contributed by atoms with E-state index in [1.165, 1.54) is 88.0 Å². The molecular weight excluding hydrogens is 468 g/mol. The summed E-state index contributed by atoms with van der Waals surface area (Å²) in [6, 6.07) is 28.4. The number of benzene rings is 6. The predicted molar refractivity (Wildman–Crippen MR) is 169 cm³/mol. The van der Waals surface area contributed by atoms with Crippen LogP contribution in [0.4, 0.5) is 0 Å². The Morgan fingerprint density at radius 3 is 1.82 bits per heavy atom. The van der Waals surface area contributed by atoms with Gasteiger partial charge in [0.1, 0.15) is 0 Å². The third kappa shape index (κ3) is 2.36. The van der Waals surface area contributed by atoms with Gasteiger partial charge < -0.3 is 0 Å². The molecule has 0 amide bonds. The Labute approximate surface area is 232 Å². The van der Waals surface area contributed by atoms with Crippen molar-refractivity contribution in [2.75, 3.05) is 0 Å². The second kappa shape index (κ2) is 6.92. The van der Waals surface area contributed by atoms with Crippen molar-refractivity contribution < 1.29 is 0 Å². The van der Waals surface area contributed by atoms with Gasteiger partial charge in [0.15, 0.2) is 0 Å². The van der Waals surface area contributed by atoms with E-state index in [-0.39, 0.29) is 16.2 Å². The SMILES string of the molecule is CC.CC1(C)c2cccc3c2-c2c1c1ccc4c5c(cc6ccc(c2c6c15)C3(C)C)-c1ccccc1C4(C)C. The molecule has 0 N–H and O–H groups in total. The lowest BCUT2D eigenvalue weighted by Crippen LogP contribution is -2.25. The van der Waals surface area contributed by atoms with Crippen molar-refractivity contribution in [3.05, 3.63) is 106 Å². The largest absolute Gasteiger partial charge is 0.0683 e. The summed E-state index contributed by atoms with van der Waals surface area (Å²) in [6.07, 6.45) is 0.